The number of β-amino-alcohol motifs (C(OH)–C–C–N with tert-alkyl or cyclic N) is 1. The van der Waals surface area contributed by atoms with E-state index in [1.165, 1.54) is 5.69 Å². The summed E-state index contributed by atoms with van der Waals surface area (Å²) >= 11 is 0. The average molecular weight is 428 g/mol. The zero-order valence-corrected chi connectivity index (χ0v) is 17.7. The van der Waals surface area contributed by atoms with E-state index < -0.39 is 0 Å². The van der Waals surface area contributed by atoms with Gasteiger partial charge in [0.05, 0.1) is 26.4 Å². The molecule has 0 bridgehead atoms. The molecule has 1 fully saturated rings. The van der Waals surface area contributed by atoms with Gasteiger partial charge in [-0.15, -0.1) is 0 Å². The van der Waals surface area contributed by atoms with Gasteiger partial charge < -0.3 is 14.7 Å². The molecular weight excluding hydrogens is 404 g/mol. The lowest BCUT2D eigenvalue weighted by Crippen LogP contribution is -2.41. The van der Waals surface area contributed by atoms with Crippen molar-refractivity contribution in [2.45, 2.75) is 0 Å². The summed E-state index contributed by atoms with van der Waals surface area (Å²) in [6.45, 7) is 3.07. The predicted molar refractivity (Wildman–Crippen MR) is 125 cm³/mol. The van der Waals surface area contributed by atoms with Gasteiger partial charge in [-0.3, -0.25) is 14.5 Å². The van der Waals surface area contributed by atoms with Crippen molar-refractivity contribution in [2.24, 2.45) is 0 Å². The lowest BCUT2D eigenvalue weighted by atomic mass is 9.91. The molecule has 0 saturated carbocycles. The number of hydrogen-bond donors (Lipinski definition) is 1. The number of benzene rings is 3. The summed E-state index contributed by atoms with van der Waals surface area (Å²) in [7, 11) is 0. The van der Waals surface area contributed by atoms with Crippen molar-refractivity contribution in [2.75, 3.05) is 44.4 Å². The molecule has 6 nitrogen and oxygen atoms in total. The Balaban J connectivity index is 1.46. The minimum atomic E-state index is -0.359. The number of morpholine rings is 1. The van der Waals surface area contributed by atoms with Crippen molar-refractivity contribution in [1.82, 2.24) is 4.90 Å². The molecule has 3 aromatic carbocycles. The zero-order valence-electron chi connectivity index (χ0n) is 17.7. The van der Waals surface area contributed by atoms with Crippen molar-refractivity contribution in [1.29, 1.82) is 0 Å². The fourth-order valence-corrected chi connectivity index (χ4v) is 4.42. The van der Waals surface area contributed by atoms with Gasteiger partial charge in [0.15, 0.2) is 0 Å². The number of aliphatic hydroxyl groups excluding tert-OH is 1. The summed E-state index contributed by atoms with van der Waals surface area (Å²) in [5.41, 5.74) is 4.20. The molecular formula is C26H24N2O4. The molecule has 2 aliphatic rings. The van der Waals surface area contributed by atoms with E-state index in [9.17, 15) is 14.7 Å². The summed E-state index contributed by atoms with van der Waals surface area (Å²) in [5, 5.41) is 10.8. The average Bonchev–Trinajstić information content (AvgIpc) is 2.85. The molecule has 0 atom stereocenters. The fourth-order valence-electron chi connectivity index (χ4n) is 4.42. The second-order valence-electron chi connectivity index (χ2n) is 7.94. The number of amides is 2. The van der Waals surface area contributed by atoms with E-state index >= 15 is 0 Å². The van der Waals surface area contributed by atoms with Gasteiger partial charge in [-0.05, 0) is 40.8 Å². The Morgan fingerprint density at radius 1 is 0.875 bits per heavy atom. The van der Waals surface area contributed by atoms with Crippen LogP contribution < -0.4 is 4.90 Å². The van der Waals surface area contributed by atoms with E-state index in [2.05, 4.69) is 29.2 Å². The fraction of sp³-hybridized carbons (Fsp3) is 0.231. The zero-order chi connectivity index (χ0) is 22.1. The molecule has 0 aliphatic carbocycles. The SMILES string of the molecule is O=C1c2cccc3c(C=Cc4ccc(N5CCOCC5)cc4)ccc(c23)C(=O)N1CCO. The highest BCUT2D eigenvalue weighted by Crippen LogP contribution is 2.33. The van der Waals surface area contributed by atoms with Gasteiger partial charge in [0.25, 0.3) is 11.8 Å². The highest BCUT2D eigenvalue weighted by Gasteiger charge is 2.32. The molecule has 0 radical (unpaired) electrons. The van der Waals surface area contributed by atoms with E-state index in [1.807, 2.05) is 30.4 Å². The number of carbonyl (C=O) groups excluding carboxylic acids is 2. The van der Waals surface area contributed by atoms with Gasteiger partial charge >= 0.3 is 0 Å². The topological polar surface area (TPSA) is 70.1 Å². The highest BCUT2D eigenvalue weighted by molar-refractivity contribution is 6.26. The van der Waals surface area contributed by atoms with Crippen LogP contribution in [0, 0.1) is 0 Å². The molecule has 32 heavy (non-hydrogen) atoms. The summed E-state index contributed by atoms with van der Waals surface area (Å²) in [6, 6.07) is 17.6. The van der Waals surface area contributed by atoms with Crippen LogP contribution >= 0.6 is 0 Å². The smallest absolute Gasteiger partial charge is 0.261 e. The third-order valence-electron chi connectivity index (χ3n) is 6.07. The molecule has 6 heteroatoms. The molecule has 0 spiro atoms. The maximum atomic E-state index is 12.8. The third kappa shape index (κ3) is 3.57. The first-order valence-corrected chi connectivity index (χ1v) is 10.8. The van der Waals surface area contributed by atoms with Gasteiger partial charge in [-0.1, -0.05) is 42.5 Å². The Bertz CT molecular complexity index is 1190. The monoisotopic (exact) mass is 428 g/mol. The Morgan fingerprint density at radius 3 is 2.31 bits per heavy atom. The molecule has 1 N–H and O–H groups in total. The molecule has 1 saturated heterocycles. The van der Waals surface area contributed by atoms with Crippen LogP contribution in [-0.4, -0.2) is 61.3 Å². The number of carbonyl (C=O) groups is 2. The number of ether oxygens (including phenoxy) is 1. The molecule has 0 unspecified atom stereocenters. The Kier molecular flexibility index (Phi) is 5.47. The molecule has 5 rings (SSSR count). The molecule has 3 aromatic rings. The van der Waals surface area contributed by atoms with Crippen molar-refractivity contribution in [3.8, 4) is 0 Å². The first-order valence-electron chi connectivity index (χ1n) is 10.8. The molecule has 2 amide bonds. The normalized spacial score (nSPS) is 16.4. The maximum absolute atomic E-state index is 12.8. The van der Waals surface area contributed by atoms with Crippen LogP contribution in [0.1, 0.15) is 31.8 Å². The summed E-state index contributed by atoms with van der Waals surface area (Å²) < 4.78 is 5.42. The Hall–Kier alpha value is -3.48. The van der Waals surface area contributed by atoms with Gasteiger partial charge in [0.2, 0.25) is 0 Å². The Labute approximate surface area is 186 Å². The van der Waals surface area contributed by atoms with Crippen LogP contribution in [-0.2, 0) is 4.74 Å². The number of imide groups is 1. The van der Waals surface area contributed by atoms with Crippen molar-refractivity contribution < 1.29 is 19.4 Å². The van der Waals surface area contributed by atoms with Crippen molar-refractivity contribution in [3.63, 3.8) is 0 Å². The van der Waals surface area contributed by atoms with Crippen LogP contribution in [0.5, 0.6) is 0 Å². The number of nitrogens with zero attached hydrogens (tertiary/aromatic N) is 2. The quantitative estimate of drug-likeness (QED) is 0.498. The van der Waals surface area contributed by atoms with E-state index in [4.69, 9.17) is 4.74 Å². The van der Waals surface area contributed by atoms with Gasteiger partial charge in [0, 0.05) is 35.3 Å². The lowest BCUT2D eigenvalue weighted by Gasteiger charge is -2.28. The second-order valence-corrected chi connectivity index (χ2v) is 7.94. The van der Waals surface area contributed by atoms with Crippen molar-refractivity contribution >= 4 is 40.4 Å². The van der Waals surface area contributed by atoms with E-state index in [-0.39, 0.29) is 25.0 Å². The number of anilines is 1. The standard InChI is InChI=1S/C26H24N2O4/c29-15-12-28-25(30)22-3-1-2-21-19(8-11-23(24(21)22)26(28)31)7-4-18-5-9-20(10-6-18)27-13-16-32-17-14-27/h1-11,29H,12-17H2. The highest BCUT2D eigenvalue weighted by atomic mass is 16.5. The Morgan fingerprint density at radius 2 is 1.59 bits per heavy atom. The minimum absolute atomic E-state index is 0.00437. The largest absolute Gasteiger partial charge is 0.395 e. The molecule has 0 aromatic heterocycles. The van der Waals surface area contributed by atoms with Crippen LogP contribution in [0.4, 0.5) is 5.69 Å². The molecule has 162 valence electrons. The molecule has 2 heterocycles. The lowest BCUT2D eigenvalue weighted by molar-refractivity contribution is 0.0580. The first kappa shape index (κ1) is 20.4. The van der Waals surface area contributed by atoms with Crippen LogP contribution in [0.3, 0.4) is 0 Å². The minimum Gasteiger partial charge on any atom is -0.395 e. The maximum Gasteiger partial charge on any atom is 0.261 e. The van der Waals surface area contributed by atoms with Gasteiger partial charge in [-0.25, -0.2) is 0 Å². The van der Waals surface area contributed by atoms with Gasteiger partial charge in [0.1, 0.15) is 0 Å². The van der Waals surface area contributed by atoms with E-state index in [0.717, 1.165) is 47.7 Å². The van der Waals surface area contributed by atoms with E-state index in [1.54, 1.807) is 12.1 Å². The number of rotatable bonds is 5. The van der Waals surface area contributed by atoms with Crippen molar-refractivity contribution in [3.05, 3.63) is 76.9 Å². The summed E-state index contributed by atoms with van der Waals surface area (Å²) in [4.78, 5) is 29.1. The van der Waals surface area contributed by atoms with E-state index in [0.29, 0.717) is 16.5 Å². The summed E-state index contributed by atoms with van der Waals surface area (Å²) in [6.07, 6.45) is 4.05. The summed E-state index contributed by atoms with van der Waals surface area (Å²) in [5.74, 6) is -0.719. The van der Waals surface area contributed by atoms with Crippen LogP contribution in [0.2, 0.25) is 0 Å². The van der Waals surface area contributed by atoms with Gasteiger partial charge in [-0.2, -0.15) is 0 Å². The van der Waals surface area contributed by atoms with Crippen LogP contribution in [0.25, 0.3) is 22.9 Å². The van der Waals surface area contributed by atoms with Crippen LogP contribution in [0.15, 0.2) is 54.6 Å². The second kappa shape index (κ2) is 8.57. The number of hydrogen-bond acceptors (Lipinski definition) is 5. The first-order chi connectivity index (χ1) is 15.7. The predicted octanol–water partition coefficient (Wildman–Crippen LogP) is 3.44. The third-order valence-corrected chi connectivity index (χ3v) is 6.07. The number of aliphatic hydroxyl groups is 1. The molecule has 2 aliphatic heterocycles.